The number of rotatable bonds is 5. The van der Waals surface area contributed by atoms with Crippen molar-refractivity contribution in [1.82, 2.24) is 9.62 Å². The van der Waals surface area contributed by atoms with Gasteiger partial charge in [0, 0.05) is 29.9 Å². The van der Waals surface area contributed by atoms with Gasteiger partial charge in [0.25, 0.3) is 0 Å². The van der Waals surface area contributed by atoms with Gasteiger partial charge in [-0.2, -0.15) is 5.26 Å². The molecule has 1 aromatic heterocycles. The van der Waals surface area contributed by atoms with Crippen LogP contribution >= 0.6 is 11.3 Å². The lowest BCUT2D eigenvalue weighted by molar-refractivity contribution is 0.334. The van der Waals surface area contributed by atoms with Gasteiger partial charge >= 0.3 is 0 Å². The predicted molar refractivity (Wildman–Crippen MR) is 75.3 cm³/mol. The third-order valence-corrected chi connectivity index (χ3v) is 6.05. The van der Waals surface area contributed by atoms with E-state index in [9.17, 15) is 8.42 Å². The molecule has 0 spiro atoms. The molecule has 1 atom stereocenters. The molecule has 1 N–H and O–H groups in total. The highest BCUT2D eigenvalue weighted by molar-refractivity contribution is 7.90. The van der Waals surface area contributed by atoms with Gasteiger partial charge in [0.05, 0.1) is 10.8 Å². The Balaban J connectivity index is 1.94. The van der Waals surface area contributed by atoms with Crippen molar-refractivity contribution in [3.8, 4) is 6.07 Å². The smallest absolute Gasteiger partial charge is 0.215 e. The maximum absolute atomic E-state index is 11.9. The molecule has 0 saturated carbocycles. The van der Waals surface area contributed by atoms with Crippen LogP contribution in [-0.2, 0) is 16.6 Å². The molecule has 0 unspecified atom stereocenters. The maximum atomic E-state index is 11.9. The molecule has 0 aliphatic carbocycles. The summed E-state index contributed by atoms with van der Waals surface area (Å²) < 4.78 is 26.4. The monoisotopic (exact) mass is 299 g/mol. The van der Waals surface area contributed by atoms with E-state index in [-0.39, 0.29) is 5.25 Å². The quantitative estimate of drug-likeness (QED) is 0.884. The fourth-order valence-corrected chi connectivity index (χ4v) is 4.57. The number of likely N-dealkylation sites (tertiary alicyclic amines) is 1. The third kappa shape index (κ3) is 3.54. The summed E-state index contributed by atoms with van der Waals surface area (Å²) in [6.45, 7) is 4.31. The largest absolute Gasteiger partial charge is 0.297 e. The number of thiophene rings is 1. The Morgan fingerprint density at radius 2 is 2.42 bits per heavy atom. The van der Waals surface area contributed by atoms with Gasteiger partial charge in [-0.1, -0.05) is 6.92 Å². The Hall–Kier alpha value is -0.940. The molecule has 0 radical (unpaired) electrons. The van der Waals surface area contributed by atoms with Gasteiger partial charge in [0.15, 0.2) is 0 Å². The maximum Gasteiger partial charge on any atom is 0.215 e. The second-order valence-electron chi connectivity index (χ2n) is 4.60. The van der Waals surface area contributed by atoms with E-state index in [4.69, 9.17) is 5.26 Å². The van der Waals surface area contributed by atoms with E-state index >= 15 is 0 Å². The third-order valence-electron chi connectivity index (χ3n) is 3.18. The lowest BCUT2D eigenvalue weighted by Crippen LogP contribution is -2.36. The first kappa shape index (κ1) is 14.5. The molecule has 1 saturated heterocycles. The fraction of sp³-hybridized carbons (Fsp3) is 0.583. The van der Waals surface area contributed by atoms with Crippen molar-refractivity contribution < 1.29 is 8.42 Å². The van der Waals surface area contributed by atoms with Gasteiger partial charge in [-0.25, -0.2) is 13.1 Å². The molecule has 2 rings (SSSR count). The molecule has 1 aromatic rings. The Labute approximate surface area is 117 Å². The van der Waals surface area contributed by atoms with Crippen molar-refractivity contribution in [1.29, 1.82) is 5.26 Å². The summed E-state index contributed by atoms with van der Waals surface area (Å²) in [5.41, 5.74) is 0.677. The average molecular weight is 299 g/mol. The molecule has 104 valence electrons. The zero-order chi connectivity index (χ0) is 13.9. The molecule has 2 heterocycles. The van der Waals surface area contributed by atoms with Crippen LogP contribution in [0.2, 0.25) is 0 Å². The average Bonchev–Trinajstić information content (AvgIpc) is 2.99. The first-order valence-electron chi connectivity index (χ1n) is 6.23. The topological polar surface area (TPSA) is 73.2 Å². The summed E-state index contributed by atoms with van der Waals surface area (Å²) in [6.07, 6.45) is 0.672. The van der Waals surface area contributed by atoms with E-state index in [1.807, 2.05) is 11.4 Å². The second-order valence-corrected chi connectivity index (χ2v) is 7.64. The first-order valence-corrected chi connectivity index (χ1v) is 8.66. The number of nitrogens with zero attached hydrogens (tertiary/aromatic N) is 2. The Bertz CT molecular complexity index is 574. The van der Waals surface area contributed by atoms with Gasteiger partial charge in [0.1, 0.15) is 6.07 Å². The normalized spacial score (nSPS) is 20.5. The molecule has 0 bridgehead atoms. The van der Waals surface area contributed by atoms with Crippen LogP contribution < -0.4 is 4.72 Å². The highest BCUT2D eigenvalue weighted by atomic mass is 32.2. The number of nitrogens with one attached hydrogen (secondary N) is 1. The summed E-state index contributed by atoms with van der Waals surface area (Å²) >= 11 is 1.55. The highest BCUT2D eigenvalue weighted by Gasteiger charge is 2.32. The van der Waals surface area contributed by atoms with Crippen LogP contribution in [0.4, 0.5) is 0 Å². The zero-order valence-electron chi connectivity index (χ0n) is 10.8. The fourth-order valence-electron chi connectivity index (χ4n) is 2.26. The minimum Gasteiger partial charge on any atom is -0.297 e. The predicted octanol–water partition coefficient (Wildman–Crippen LogP) is 1.13. The van der Waals surface area contributed by atoms with E-state index in [1.165, 1.54) is 0 Å². The number of hydrogen-bond donors (Lipinski definition) is 1. The molecule has 7 heteroatoms. The number of nitriles is 1. The van der Waals surface area contributed by atoms with Crippen LogP contribution in [0.5, 0.6) is 0 Å². The summed E-state index contributed by atoms with van der Waals surface area (Å²) in [6, 6.07) is 3.98. The summed E-state index contributed by atoms with van der Waals surface area (Å²) in [4.78, 5) is 3.24. The molecular weight excluding hydrogens is 282 g/mol. The number of sulfonamides is 1. The minimum absolute atomic E-state index is 0.317. The summed E-state index contributed by atoms with van der Waals surface area (Å²) in [7, 11) is -3.18. The molecular formula is C12H17N3O2S2. The molecule has 0 amide bonds. The summed E-state index contributed by atoms with van der Waals surface area (Å²) in [5, 5.41) is 10.3. The van der Waals surface area contributed by atoms with E-state index in [0.29, 0.717) is 25.1 Å². The lowest BCUT2D eigenvalue weighted by atomic mass is 10.3. The Kier molecular flexibility index (Phi) is 4.58. The van der Waals surface area contributed by atoms with Crippen molar-refractivity contribution in [3.05, 3.63) is 21.9 Å². The van der Waals surface area contributed by atoms with E-state index in [0.717, 1.165) is 18.0 Å². The van der Waals surface area contributed by atoms with Crippen molar-refractivity contribution in [2.24, 2.45) is 0 Å². The molecule has 1 aliphatic heterocycles. The number of hydrogen-bond acceptors (Lipinski definition) is 5. The molecule has 19 heavy (non-hydrogen) atoms. The van der Waals surface area contributed by atoms with Crippen LogP contribution in [0.15, 0.2) is 11.4 Å². The van der Waals surface area contributed by atoms with Gasteiger partial charge in [0.2, 0.25) is 10.0 Å². The minimum atomic E-state index is -3.18. The van der Waals surface area contributed by atoms with Crippen LogP contribution in [-0.4, -0.2) is 38.2 Å². The van der Waals surface area contributed by atoms with Crippen molar-refractivity contribution in [3.63, 3.8) is 0 Å². The highest BCUT2D eigenvalue weighted by Crippen LogP contribution is 2.21. The molecule has 1 aliphatic rings. The van der Waals surface area contributed by atoms with Crippen LogP contribution in [0.3, 0.4) is 0 Å². The van der Waals surface area contributed by atoms with Crippen molar-refractivity contribution >= 4 is 21.4 Å². The summed E-state index contributed by atoms with van der Waals surface area (Å²) in [5.74, 6) is 0. The lowest BCUT2D eigenvalue weighted by Gasteiger charge is -2.15. The molecule has 5 nitrogen and oxygen atoms in total. The van der Waals surface area contributed by atoms with Gasteiger partial charge < -0.3 is 0 Å². The van der Waals surface area contributed by atoms with Gasteiger partial charge in [-0.15, -0.1) is 11.3 Å². The second kappa shape index (κ2) is 6.01. The van der Waals surface area contributed by atoms with E-state index in [2.05, 4.69) is 15.7 Å². The van der Waals surface area contributed by atoms with Gasteiger partial charge in [-0.3, -0.25) is 4.90 Å². The SMILES string of the molecule is CCNS(=O)(=O)[C@@H]1CCN(Cc2cc(C#N)cs2)C1. The first-order chi connectivity index (χ1) is 9.05. The molecule has 0 aromatic carbocycles. The van der Waals surface area contributed by atoms with Crippen LogP contribution in [0.25, 0.3) is 0 Å². The zero-order valence-corrected chi connectivity index (χ0v) is 12.4. The van der Waals surface area contributed by atoms with Crippen LogP contribution in [0.1, 0.15) is 23.8 Å². The van der Waals surface area contributed by atoms with E-state index in [1.54, 1.807) is 18.3 Å². The van der Waals surface area contributed by atoms with Crippen molar-refractivity contribution in [2.45, 2.75) is 25.1 Å². The molecule has 1 fully saturated rings. The van der Waals surface area contributed by atoms with Crippen LogP contribution in [0, 0.1) is 11.3 Å². The van der Waals surface area contributed by atoms with Gasteiger partial charge in [-0.05, 0) is 19.0 Å². The Morgan fingerprint density at radius 3 is 3.05 bits per heavy atom. The standard InChI is InChI=1S/C12H17N3O2S2/c1-2-14-19(16,17)12-3-4-15(8-12)7-11-5-10(6-13)9-18-11/h5,9,12,14H,2-4,7-8H2,1H3/t12-/m1/s1. The Morgan fingerprint density at radius 1 is 1.63 bits per heavy atom. The van der Waals surface area contributed by atoms with Crippen molar-refractivity contribution in [2.75, 3.05) is 19.6 Å². The van der Waals surface area contributed by atoms with E-state index < -0.39 is 10.0 Å².